The second-order valence-electron chi connectivity index (χ2n) is 4.73. The summed E-state index contributed by atoms with van der Waals surface area (Å²) in [6.45, 7) is 0. The van der Waals surface area contributed by atoms with E-state index >= 15 is 0 Å². The smallest absolute Gasteiger partial charge is 0.203 e. The molecule has 0 atom stereocenters. The summed E-state index contributed by atoms with van der Waals surface area (Å²) >= 11 is -0.170. The van der Waals surface area contributed by atoms with Crippen LogP contribution in [0.3, 0.4) is 0 Å². The quantitative estimate of drug-likeness (QED) is 0.524. The van der Waals surface area contributed by atoms with E-state index in [-0.39, 0.29) is 11.2 Å². The fourth-order valence-electron chi connectivity index (χ4n) is 2.47. The number of nitriles is 1. The van der Waals surface area contributed by atoms with Crippen molar-refractivity contribution < 1.29 is 4.18 Å². The van der Waals surface area contributed by atoms with Crippen molar-refractivity contribution in [1.29, 1.82) is 5.26 Å². The van der Waals surface area contributed by atoms with E-state index in [0.717, 1.165) is 32.9 Å². The van der Waals surface area contributed by atoms with E-state index in [1.807, 2.05) is 61.0 Å². The predicted molar refractivity (Wildman–Crippen MR) is 86.0 cm³/mol. The number of hydrogen-bond acceptors (Lipinski definition) is 2. The molecule has 2 nitrogen and oxygen atoms in total. The molecule has 0 spiro atoms. The maximum Gasteiger partial charge on any atom is 0.203 e. The Balaban J connectivity index is 2.53. The van der Waals surface area contributed by atoms with Gasteiger partial charge in [0, 0.05) is 21.5 Å². The minimum Gasteiger partial charge on any atom is -0.285 e. The third-order valence-corrected chi connectivity index (χ3v) is 3.74. The first-order valence-electron chi connectivity index (χ1n) is 6.32. The zero-order valence-electron chi connectivity index (χ0n) is 11.4. The van der Waals surface area contributed by atoms with E-state index in [9.17, 15) is 5.26 Å². The zero-order chi connectivity index (χ0) is 14.1. The molecular weight excluding hydrogens is 266 g/mol. The Hall–Kier alpha value is -2.18. The van der Waals surface area contributed by atoms with Crippen LogP contribution in [0.5, 0.6) is 5.75 Å². The molecule has 0 amide bonds. The van der Waals surface area contributed by atoms with E-state index in [0.29, 0.717) is 0 Å². The van der Waals surface area contributed by atoms with E-state index in [4.69, 9.17) is 4.18 Å². The summed E-state index contributed by atoms with van der Waals surface area (Å²) in [6.07, 6.45) is 4.09. The molecule has 3 aromatic carbocycles. The molecular formula is C17H14NOS+. The van der Waals surface area contributed by atoms with E-state index in [1.54, 1.807) is 0 Å². The monoisotopic (exact) mass is 280 g/mol. The Morgan fingerprint density at radius 2 is 1.30 bits per heavy atom. The lowest BCUT2D eigenvalue weighted by atomic mass is 9.96. The summed E-state index contributed by atoms with van der Waals surface area (Å²) in [6, 6.07) is 18.2. The fraction of sp³-hybridized carbons (Fsp3) is 0.118. The van der Waals surface area contributed by atoms with Crippen molar-refractivity contribution in [3.8, 4) is 11.8 Å². The minimum atomic E-state index is -0.170. The Morgan fingerprint density at radius 3 is 1.70 bits per heavy atom. The zero-order valence-corrected chi connectivity index (χ0v) is 12.2. The van der Waals surface area contributed by atoms with Crippen LogP contribution in [0.1, 0.15) is 5.56 Å². The van der Waals surface area contributed by atoms with Crippen molar-refractivity contribution >= 4 is 32.7 Å². The van der Waals surface area contributed by atoms with Gasteiger partial charge in [-0.15, -0.1) is 0 Å². The Bertz CT molecular complexity index is 776. The molecule has 20 heavy (non-hydrogen) atoms. The van der Waals surface area contributed by atoms with Gasteiger partial charge >= 0.3 is 0 Å². The summed E-state index contributed by atoms with van der Waals surface area (Å²) in [4.78, 5) is 0. The molecule has 0 saturated heterocycles. The van der Waals surface area contributed by atoms with Gasteiger partial charge in [0.1, 0.15) is 18.6 Å². The van der Waals surface area contributed by atoms with Crippen LogP contribution in [0.15, 0.2) is 48.5 Å². The number of fused-ring (bicyclic) bond motifs is 2. The van der Waals surface area contributed by atoms with Gasteiger partial charge in [-0.05, 0) is 0 Å². The van der Waals surface area contributed by atoms with Gasteiger partial charge in [-0.3, -0.25) is 4.18 Å². The van der Waals surface area contributed by atoms with Crippen LogP contribution in [0.2, 0.25) is 0 Å². The lowest BCUT2D eigenvalue weighted by Gasteiger charge is -2.11. The molecule has 3 heteroatoms. The van der Waals surface area contributed by atoms with Gasteiger partial charge in [0.15, 0.2) is 11.2 Å². The van der Waals surface area contributed by atoms with Crippen LogP contribution >= 0.6 is 0 Å². The van der Waals surface area contributed by atoms with Gasteiger partial charge in [0.25, 0.3) is 0 Å². The number of hydrogen-bond donors (Lipinski definition) is 0. The maximum absolute atomic E-state index is 9.52. The molecule has 0 aliphatic rings. The predicted octanol–water partition coefficient (Wildman–Crippen LogP) is 4.04. The van der Waals surface area contributed by atoms with Crippen molar-refractivity contribution in [2.45, 2.75) is 0 Å². The maximum atomic E-state index is 9.52. The SMILES string of the molecule is C[S+](C)Oc1c2ccccc2c(C#N)c2ccccc12. The lowest BCUT2D eigenvalue weighted by molar-refractivity contribution is 0.650. The highest BCUT2D eigenvalue weighted by Crippen LogP contribution is 2.38. The summed E-state index contributed by atoms with van der Waals surface area (Å²) in [7, 11) is 0. The summed E-state index contributed by atoms with van der Waals surface area (Å²) in [5, 5.41) is 13.4. The largest absolute Gasteiger partial charge is 0.285 e. The van der Waals surface area contributed by atoms with Gasteiger partial charge < -0.3 is 0 Å². The van der Waals surface area contributed by atoms with Gasteiger partial charge in [-0.2, -0.15) is 5.26 Å². The third kappa shape index (κ3) is 1.99. The first-order chi connectivity index (χ1) is 9.72. The number of nitrogens with zero attached hydrogens (tertiary/aromatic N) is 1. The summed E-state index contributed by atoms with van der Waals surface area (Å²) in [5.41, 5.74) is 0.718. The van der Waals surface area contributed by atoms with Gasteiger partial charge in [0.05, 0.1) is 5.56 Å². The normalized spacial score (nSPS) is 10.9. The second-order valence-corrected chi connectivity index (χ2v) is 6.38. The highest BCUT2D eigenvalue weighted by molar-refractivity contribution is 7.91. The molecule has 0 bridgehead atoms. The summed E-state index contributed by atoms with van der Waals surface area (Å²) in [5.74, 6) is 0.878. The minimum absolute atomic E-state index is 0.170. The van der Waals surface area contributed by atoms with Crippen molar-refractivity contribution in [3.63, 3.8) is 0 Å². The first-order valence-corrected chi connectivity index (χ1v) is 8.28. The van der Waals surface area contributed by atoms with Gasteiger partial charge in [0.2, 0.25) is 5.75 Å². The van der Waals surface area contributed by atoms with E-state index in [1.165, 1.54) is 0 Å². The number of benzene rings is 3. The Morgan fingerprint density at radius 1 is 0.850 bits per heavy atom. The van der Waals surface area contributed by atoms with Gasteiger partial charge in [-0.25, -0.2) is 0 Å². The highest BCUT2D eigenvalue weighted by atomic mass is 32.2. The molecule has 0 aliphatic heterocycles. The van der Waals surface area contributed by atoms with Crippen molar-refractivity contribution in [2.24, 2.45) is 0 Å². The van der Waals surface area contributed by atoms with Crippen LogP contribution in [-0.2, 0) is 11.2 Å². The van der Waals surface area contributed by atoms with E-state index in [2.05, 4.69) is 6.07 Å². The Kier molecular flexibility index (Phi) is 3.25. The first kappa shape index (κ1) is 12.8. The molecule has 0 N–H and O–H groups in total. The van der Waals surface area contributed by atoms with Crippen molar-refractivity contribution in [2.75, 3.05) is 12.5 Å². The Labute approximate surface area is 121 Å². The molecule has 0 radical (unpaired) electrons. The average molecular weight is 280 g/mol. The van der Waals surface area contributed by atoms with Crippen molar-refractivity contribution in [1.82, 2.24) is 0 Å². The van der Waals surface area contributed by atoms with Crippen LogP contribution in [0, 0.1) is 11.3 Å². The summed E-state index contributed by atoms with van der Waals surface area (Å²) < 4.78 is 6.06. The standard InChI is InChI=1S/C17H14NOS/c1-20(2)19-17-14-9-5-3-7-12(14)16(11-18)13-8-4-6-10-15(13)17/h3-10H,1-2H3/q+1. The fourth-order valence-corrected chi connectivity index (χ4v) is 2.98. The van der Waals surface area contributed by atoms with Crippen LogP contribution in [-0.4, -0.2) is 12.5 Å². The second kappa shape index (κ2) is 5.07. The molecule has 0 aromatic heterocycles. The highest BCUT2D eigenvalue weighted by Gasteiger charge is 2.18. The van der Waals surface area contributed by atoms with E-state index < -0.39 is 0 Å². The molecule has 0 heterocycles. The molecule has 3 aromatic rings. The molecule has 0 aliphatic carbocycles. The molecule has 98 valence electrons. The third-order valence-electron chi connectivity index (χ3n) is 3.24. The number of rotatable bonds is 2. The topological polar surface area (TPSA) is 33.0 Å². The van der Waals surface area contributed by atoms with Gasteiger partial charge in [-0.1, -0.05) is 48.5 Å². The van der Waals surface area contributed by atoms with Crippen LogP contribution < -0.4 is 4.18 Å². The van der Waals surface area contributed by atoms with Crippen molar-refractivity contribution in [3.05, 3.63) is 54.1 Å². The average Bonchev–Trinajstić information content (AvgIpc) is 2.47. The molecule has 3 rings (SSSR count). The van der Waals surface area contributed by atoms with Crippen LogP contribution in [0.25, 0.3) is 21.5 Å². The van der Waals surface area contributed by atoms with Crippen LogP contribution in [0.4, 0.5) is 0 Å². The molecule has 0 unspecified atom stereocenters. The molecule has 0 saturated carbocycles. The molecule has 0 fully saturated rings. The lowest BCUT2D eigenvalue weighted by Crippen LogP contribution is -2.05.